The molecule has 2 rings (SSSR count). The molecule has 3 N–H and O–H groups in total. The summed E-state index contributed by atoms with van der Waals surface area (Å²) in [6.07, 6.45) is 1.40. The summed E-state index contributed by atoms with van der Waals surface area (Å²) in [4.78, 5) is 4.91. The third kappa shape index (κ3) is 2.97. The number of pyridine rings is 1. The van der Waals surface area contributed by atoms with Gasteiger partial charge in [0.25, 0.3) is 0 Å². The zero-order chi connectivity index (χ0) is 14.8. The van der Waals surface area contributed by atoms with Crippen molar-refractivity contribution in [1.29, 1.82) is 4.78 Å². The van der Waals surface area contributed by atoms with Gasteiger partial charge in [-0.25, -0.2) is 14.0 Å². The molecule has 0 radical (unpaired) electrons. The molecule has 0 bridgehead atoms. The van der Waals surface area contributed by atoms with Crippen LogP contribution in [0.1, 0.15) is 5.56 Å². The number of nitrogens with one attached hydrogen (secondary N) is 1. The molecule has 1 heterocycles. The first kappa shape index (κ1) is 14.5. The molecule has 0 fully saturated rings. The maximum atomic E-state index is 11.6. The van der Waals surface area contributed by atoms with E-state index in [2.05, 4.69) is 4.98 Å². The Morgan fingerprint density at radius 3 is 2.40 bits per heavy atom. The number of aromatic nitrogens is 1. The Bertz CT molecular complexity index is 710. The second kappa shape index (κ2) is 5.60. The first-order valence-electron chi connectivity index (χ1n) is 6.04. The van der Waals surface area contributed by atoms with Crippen LogP contribution >= 0.6 is 0 Å². The van der Waals surface area contributed by atoms with Gasteiger partial charge in [-0.2, -0.15) is 0 Å². The van der Waals surface area contributed by atoms with Crippen molar-refractivity contribution in [1.82, 2.24) is 4.98 Å². The van der Waals surface area contributed by atoms with E-state index in [1.807, 2.05) is 12.1 Å². The molecule has 1 aromatic carbocycles. The molecule has 2 aromatic rings. The fraction of sp³-hybridized carbons (Fsp3) is 0.214. The van der Waals surface area contributed by atoms with Gasteiger partial charge in [-0.1, -0.05) is 18.2 Å². The predicted molar refractivity (Wildman–Crippen MR) is 79.2 cm³/mol. The number of hydrogen-bond donors (Lipinski definition) is 2. The first-order chi connectivity index (χ1) is 9.45. The molecule has 0 saturated carbocycles. The lowest BCUT2D eigenvalue weighted by Gasteiger charge is -2.09. The first-order valence-corrected chi connectivity index (χ1v) is 8.00. The second-order valence-electron chi connectivity index (χ2n) is 4.44. The average Bonchev–Trinajstić information content (AvgIpc) is 2.45. The number of methoxy groups -OCH3 is 1. The highest BCUT2D eigenvalue weighted by molar-refractivity contribution is 7.91. The van der Waals surface area contributed by atoms with E-state index >= 15 is 0 Å². The van der Waals surface area contributed by atoms with E-state index in [0.717, 1.165) is 16.8 Å². The zero-order valence-electron chi connectivity index (χ0n) is 11.4. The predicted octanol–water partition coefficient (Wildman–Crippen LogP) is 2.25. The standard InChI is InChI=1S/C14H17N3O2S/c1-19-14-11(9-15)5-8-13(17-14)10-3-6-12(7-4-10)20(2,16)18/h3-8,16H,9,15H2,1-2H3. The summed E-state index contributed by atoms with van der Waals surface area (Å²) >= 11 is 0. The van der Waals surface area contributed by atoms with Crippen LogP contribution in [0.4, 0.5) is 0 Å². The lowest BCUT2D eigenvalue weighted by molar-refractivity contribution is 0.393. The summed E-state index contributed by atoms with van der Waals surface area (Å²) in [5.74, 6) is 0.508. The highest BCUT2D eigenvalue weighted by atomic mass is 32.2. The molecule has 20 heavy (non-hydrogen) atoms. The number of nitrogens with zero attached hydrogens (tertiary/aromatic N) is 1. The SMILES string of the molecule is COc1nc(-c2ccc(S(C)(=N)=O)cc2)ccc1CN. The molecular weight excluding hydrogens is 274 g/mol. The number of hydrogen-bond acceptors (Lipinski definition) is 5. The largest absolute Gasteiger partial charge is 0.481 e. The number of rotatable bonds is 4. The van der Waals surface area contributed by atoms with Gasteiger partial charge in [-0.05, 0) is 18.2 Å². The molecule has 0 aliphatic carbocycles. The molecular formula is C14H17N3O2S. The second-order valence-corrected chi connectivity index (χ2v) is 6.60. The van der Waals surface area contributed by atoms with Crippen molar-refractivity contribution < 1.29 is 8.95 Å². The van der Waals surface area contributed by atoms with Crippen molar-refractivity contribution in [3.8, 4) is 17.1 Å². The lowest BCUT2D eigenvalue weighted by Crippen LogP contribution is -2.02. The molecule has 0 amide bonds. The van der Waals surface area contributed by atoms with Crippen LogP contribution in [0, 0.1) is 4.78 Å². The van der Waals surface area contributed by atoms with Crippen molar-refractivity contribution >= 4 is 9.73 Å². The maximum Gasteiger partial charge on any atom is 0.218 e. The van der Waals surface area contributed by atoms with E-state index in [-0.39, 0.29) is 0 Å². The lowest BCUT2D eigenvalue weighted by atomic mass is 10.1. The minimum absolute atomic E-state index is 0.367. The van der Waals surface area contributed by atoms with Crippen molar-refractivity contribution in [2.45, 2.75) is 11.4 Å². The molecule has 0 aliphatic rings. The van der Waals surface area contributed by atoms with Crippen LogP contribution in [0.25, 0.3) is 11.3 Å². The van der Waals surface area contributed by atoms with E-state index in [1.165, 1.54) is 6.26 Å². The van der Waals surface area contributed by atoms with E-state index in [1.54, 1.807) is 31.4 Å². The molecule has 106 valence electrons. The van der Waals surface area contributed by atoms with E-state index in [9.17, 15) is 4.21 Å². The Balaban J connectivity index is 2.42. The summed E-state index contributed by atoms with van der Waals surface area (Å²) in [5, 5.41) is 0. The third-order valence-corrected chi connectivity index (χ3v) is 4.12. The van der Waals surface area contributed by atoms with Gasteiger partial charge in [0.05, 0.1) is 22.5 Å². The Kier molecular flexibility index (Phi) is 4.06. The Labute approximate surface area is 118 Å². The minimum Gasteiger partial charge on any atom is -0.481 e. The fourth-order valence-electron chi connectivity index (χ4n) is 1.85. The molecule has 0 spiro atoms. The van der Waals surface area contributed by atoms with Gasteiger partial charge < -0.3 is 10.5 Å². The van der Waals surface area contributed by atoms with E-state index in [4.69, 9.17) is 15.3 Å². The normalized spacial score (nSPS) is 13.8. The topological polar surface area (TPSA) is 89.1 Å². The van der Waals surface area contributed by atoms with Crippen LogP contribution < -0.4 is 10.5 Å². The van der Waals surface area contributed by atoms with Crippen molar-refractivity contribution in [2.24, 2.45) is 5.73 Å². The van der Waals surface area contributed by atoms with Gasteiger partial charge >= 0.3 is 0 Å². The summed E-state index contributed by atoms with van der Waals surface area (Å²) in [6.45, 7) is 0.367. The zero-order valence-corrected chi connectivity index (χ0v) is 12.2. The Morgan fingerprint density at radius 2 is 1.90 bits per heavy atom. The van der Waals surface area contributed by atoms with Crippen molar-refractivity contribution in [2.75, 3.05) is 13.4 Å². The van der Waals surface area contributed by atoms with E-state index < -0.39 is 9.73 Å². The maximum absolute atomic E-state index is 11.6. The van der Waals surface area contributed by atoms with Crippen LogP contribution in [0.2, 0.25) is 0 Å². The molecule has 6 heteroatoms. The fourth-order valence-corrected chi connectivity index (χ4v) is 2.50. The summed E-state index contributed by atoms with van der Waals surface area (Å²) in [7, 11) is -1.13. The minimum atomic E-state index is -2.69. The molecule has 0 aliphatic heterocycles. The molecule has 5 nitrogen and oxygen atoms in total. The van der Waals surface area contributed by atoms with Crippen LogP contribution in [0.15, 0.2) is 41.3 Å². The Morgan fingerprint density at radius 1 is 1.25 bits per heavy atom. The Hall–Kier alpha value is -1.92. The van der Waals surface area contributed by atoms with Gasteiger partial charge in [-0.15, -0.1) is 0 Å². The van der Waals surface area contributed by atoms with Crippen LogP contribution in [-0.4, -0.2) is 22.6 Å². The molecule has 1 unspecified atom stereocenters. The van der Waals surface area contributed by atoms with Gasteiger partial charge in [-0.3, -0.25) is 0 Å². The summed E-state index contributed by atoms with van der Waals surface area (Å²) < 4.78 is 24.4. The van der Waals surface area contributed by atoms with Gasteiger partial charge in [0, 0.05) is 28.8 Å². The van der Waals surface area contributed by atoms with Crippen LogP contribution in [0.5, 0.6) is 5.88 Å². The summed E-state index contributed by atoms with van der Waals surface area (Å²) in [6, 6.07) is 10.7. The average molecular weight is 291 g/mol. The summed E-state index contributed by atoms with van der Waals surface area (Å²) in [5.41, 5.74) is 8.08. The van der Waals surface area contributed by atoms with Gasteiger partial charge in [0.2, 0.25) is 5.88 Å². The van der Waals surface area contributed by atoms with E-state index in [0.29, 0.717) is 17.3 Å². The van der Waals surface area contributed by atoms with Gasteiger partial charge in [0.15, 0.2) is 0 Å². The highest BCUT2D eigenvalue weighted by Gasteiger charge is 2.08. The number of benzene rings is 1. The number of nitrogens with two attached hydrogens (primary N) is 1. The highest BCUT2D eigenvalue weighted by Crippen LogP contribution is 2.24. The van der Waals surface area contributed by atoms with Crippen LogP contribution in [-0.2, 0) is 16.3 Å². The van der Waals surface area contributed by atoms with Crippen molar-refractivity contribution in [3.63, 3.8) is 0 Å². The molecule has 1 atom stereocenters. The number of ether oxygens (including phenoxy) is 1. The van der Waals surface area contributed by atoms with Crippen LogP contribution in [0.3, 0.4) is 0 Å². The molecule has 0 saturated heterocycles. The smallest absolute Gasteiger partial charge is 0.218 e. The molecule has 1 aromatic heterocycles. The quantitative estimate of drug-likeness (QED) is 0.904. The van der Waals surface area contributed by atoms with Crippen molar-refractivity contribution in [3.05, 3.63) is 42.0 Å². The van der Waals surface area contributed by atoms with Gasteiger partial charge in [0.1, 0.15) is 0 Å². The monoisotopic (exact) mass is 291 g/mol. The third-order valence-electron chi connectivity index (χ3n) is 2.95.